The Morgan fingerprint density at radius 1 is 0.478 bits per heavy atom. The molecule has 16 heteroatoms. The quantitative estimate of drug-likeness (QED) is 0.111. The van der Waals surface area contributed by atoms with Gasteiger partial charge in [0.25, 0.3) is 0 Å². The average Bonchev–Trinajstić information content (AvgIpc) is 3.27. The highest BCUT2D eigenvalue weighted by Gasteiger charge is 2.58. The lowest BCUT2D eigenvalue weighted by atomic mass is 9.92. The topological polar surface area (TPSA) is 198 Å². The minimum Gasteiger partial charge on any atom is -0.462 e. The maximum absolute atomic E-state index is 14.1. The summed E-state index contributed by atoms with van der Waals surface area (Å²) in [6, 6.07) is 26.6. The van der Waals surface area contributed by atoms with E-state index in [9.17, 15) is 29.1 Å². The molecule has 0 unspecified atom stereocenters. The van der Waals surface area contributed by atoms with E-state index in [-0.39, 0.29) is 25.4 Å². The van der Waals surface area contributed by atoms with Crippen LogP contribution in [0.15, 0.2) is 91.0 Å². The Labute approximate surface area is 405 Å². The summed E-state index contributed by atoms with van der Waals surface area (Å²) in [5.74, 6) is -3.71. The minimum atomic E-state index is -1.79. The van der Waals surface area contributed by atoms with E-state index in [0.29, 0.717) is 5.56 Å². The number of carbonyl (C=O) groups excluding carboxylic acids is 5. The summed E-state index contributed by atoms with van der Waals surface area (Å²) in [6.07, 6.45) is -15.4. The highest BCUT2D eigenvalue weighted by atomic mass is 16.8. The van der Waals surface area contributed by atoms with Crippen LogP contribution in [0.3, 0.4) is 0 Å². The molecule has 378 valence electrons. The predicted molar refractivity (Wildman–Crippen MR) is 250 cm³/mol. The number of aliphatic hydroxyl groups is 1. The monoisotopic (exact) mass is 962 g/mol. The maximum Gasteiger partial charge on any atom is 0.338 e. The Morgan fingerprint density at radius 2 is 0.928 bits per heavy atom. The van der Waals surface area contributed by atoms with Gasteiger partial charge in [-0.1, -0.05) is 78.9 Å². The van der Waals surface area contributed by atoms with E-state index in [2.05, 4.69) is 0 Å². The lowest BCUT2D eigenvalue weighted by Gasteiger charge is -2.49. The second-order valence-corrected chi connectivity index (χ2v) is 21.4. The van der Waals surface area contributed by atoms with Crippen LogP contribution in [0.25, 0.3) is 0 Å². The summed E-state index contributed by atoms with van der Waals surface area (Å²) in [7, 11) is 0. The molecule has 16 nitrogen and oxygen atoms in total. The van der Waals surface area contributed by atoms with Crippen molar-refractivity contribution in [2.75, 3.05) is 13.2 Å². The van der Waals surface area contributed by atoms with E-state index in [0.717, 1.165) is 5.56 Å². The molecule has 2 aliphatic rings. The molecular formula is C53H70O16. The van der Waals surface area contributed by atoms with E-state index < -0.39 is 120 Å². The van der Waals surface area contributed by atoms with Crippen molar-refractivity contribution in [1.29, 1.82) is 0 Å². The van der Waals surface area contributed by atoms with E-state index in [4.69, 9.17) is 47.4 Å². The first-order chi connectivity index (χ1) is 32.2. The number of hydrogen-bond donors (Lipinski definition) is 1. The van der Waals surface area contributed by atoms with Gasteiger partial charge in [-0.2, -0.15) is 0 Å². The van der Waals surface area contributed by atoms with Crippen molar-refractivity contribution in [3.8, 4) is 0 Å². The molecule has 2 saturated heterocycles. The molecular weight excluding hydrogens is 893 g/mol. The normalized spacial score (nSPS) is 25.5. The van der Waals surface area contributed by atoms with Crippen LogP contribution in [-0.4, -0.2) is 110 Å². The zero-order chi connectivity index (χ0) is 50.9. The number of ether oxygens (including phenoxy) is 10. The molecule has 69 heavy (non-hydrogen) atoms. The van der Waals surface area contributed by atoms with Gasteiger partial charge in [0.2, 0.25) is 0 Å². The van der Waals surface area contributed by atoms with Gasteiger partial charge in [0.1, 0.15) is 31.0 Å². The largest absolute Gasteiger partial charge is 0.462 e. The summed E-state index contributed by atoms with van der Waals surface area (Å²) in [4.78, 5) is 69.1. The van der Waals surface area contributed by atoms with Crippen LogP contribution in [-0.2, 0) is 79.8 Å². The van der Waals surface area contributed by atoms with E-state index in [1.54, 1.807) is 113 Å². The van der Waals surface area contributed by atoms with Crippen LogP contribution >= 0.6 is 0 Å². The molecule has 0 bridgehead atoms. The molecule has 5 rings (SSSR count). The number of rotatable bonds is 16. The summed E-state index contributed by atoms with van der Waals surface area (Å²) < 4.78 is 63.2. The second-order valence-electron chi connectivity index (χ2n) is 21.4. The molecule has 2 aliphatic heterocycles. The van der Waals surface area contributed by atoms with Crippen molar-refractivity contribution in [2.24, 2.45) is 21.7 Å². The summed E-state index contributed by atoms with van der Waals surface area (Å²) >= 11 is 0. The van der Waals surface area contributed by atoms with Gasteiger partial charge in [-0.25, -0.2) is 4.79 Å². The fraction of sp³-hybridized carbons (Fsp3) is 0.566. The van der Waals surface area contributed by atoms with Gasteiger partial charge in [-0.15, -0.1) is 0 Å². The average molecular weight is 963 g/mol. The molecule has 3 aromatic carbocycles. The van der Waals surface area contributed by atoms with Crippen molar-refractivity contribution < 1.29 is 76.4 Å². The summed E-state index contributed by atoms with van der Waals surface area (Å²) in [6.45, 7) is 18.8. The third-order valence-electron chi connectivity index (χ3n) is 11.0. The molecule has 0 radical (unpaired) electrons. The number of esters is 5. The van der Waals surface area contributed by atoms with Gasteiger partial charge in [-0.05, 0) is 106 Å². The van der Waals surface area contributed by atoms with E-state index in [1.807, 2.05) is 60.7 Å². The van der Waals surface area contributed by atoms with Gasteiger partial charge in [0.05, 0.1) is 47.0 Å². The highest BCUT2D eigenvalue weighted by Crippen LogP contribution is 2.38. The SMILES string of the molecule is CC(C)(C)C(=O)OC[C@H]1O[C@@H](O[C@@H]2[C@H](OCc3ccccc3)[C@@H](OC(=O)c3ccccc3)[C@H](O)O[C@@H]2COCc2ccccc2)[C@H](OC(=O)C(C)(C)C)[C@@H](OC(=O)C(C)(C)C)[C@H]1OC(=O)C(C)(C)C. The van der Waals surface area contributed by atoms with Crippen LogP contribution in [0.1, 0.15) is 105 Å². The smallest absolute Gasteiger partial charge is 0.338 e. The van der Waals surface area contributed by atoms with Crippen molar-refractivity contribution in [3.05, 3.63) is 108 Å². The number of benzene rings is 3. The molecule has 2 fully saturated rings. The first-order valence-corrected chi connectivity index (χ1v) is 23.2. The lowest BCUT2D eigenvalue weighted by molar-refractivity contribution is -0.362. The Balaban J connectivity index is 1.69. The lowest BCUT2D eigenvalue weighted by Crippen LogP contribution is -2.67. The highest BCUT2D eigenvalue weighted by molar-refractivity contribution is 5.89. The Bertz CT molecular complexity index is 2150. The number of hydrogen-bond acceptors (Lipinski definition) is 16. The van der Waals surface area contributed by atoms with Crippen molar-refractivity contribution >= 4 is 29.8 Å². The van der Waals surface area contributed by atoms with E-state index in [1.165, 1.54) is 0 Å². The van der Waals surface area contributed by atoms with Gasteiger partial charge in [0.15, 0.2) is 37.0 Å². The number of carbonyl (C=O) groups is 5. The van der Waals surface area contributed by atoms with Crippen LogP contribution in [0, 0.1) is 21.7 Å². The van der Waals surface area contributed by atoms with Gasteiger partial charge in [-0.3, -0.25) is 19.2 Å². The second kappa shape index (κ2) is 23.1. The molecule has 0 amide bonds. The third-order valence-corrected chi connectivity index (χ3v) is 11.0. The first-order valence-electron chi connectivity index (χ1n) is 23.2. The molecule has 2 heterocycles. The Hall–Kier alpha value is -5.23. The summed E-state index contributed by atoms with van der Waals surface area (Å²) in [5, 5.41) is 11.8. The fourth-order valence-corrected chi connectivity index (χ4v) is 6.86. The zero-order valence-corrected chi connectivity index (χ0v) is 41.8. The summed E-state index contributed by atoms with van der Waals surface area (Å²) in [5.41, 5.74) is -2.65. The van der Waals surface area contributed by atoms with Crippen molar-refractivity contribution in [1.82, 2.24) is 0 Å². The molecule has 1 N–H and O–H groups in total. The zero-order valence-electron chi connectivity index (χ0n) is 41.8. The molecule has 0 saturated carbocycles. The van der Waals surface area contributed by atoms with Crippen LogP contribution < -0.4 is 0 Å². The van der Waals surface area contributed by atoms with E-state index >= 15 is 0 Å². The fourth-order valence-electron chi connectivity index (χ4n) is 6.86. The third kappa shape index (κ3) is 15.4. The van der Waals surface area contributed by atoms with Crippen LogP contribution in [0.4, 0.5) is 0 Å². The number of aliphatic hydroxyl groups excluding tert-OH is 1. The van der Waals surface area contributed by atoms with Crippen molar-refractivity contribution in [2.45, 2.75) is 158 Å². The molecule has 10 atom stereocenters. The first kappa shape index (κ1) is 54.7. The molecule has 0 aliphatic carbocycles. The molecule has 3 aromatic rings. The van der Waals surface area contributed by atoms with Gasteiger partial charge >= 0.3 is 29.8 Å². The van der Waals surface area contributed by atoms with Gasteiger partial charge in [0, 0.05) is 0 Å². The van der Waals surface area contributed by atoms with Crippen LogP contribution in [0.2, 0.25) is 0 Å². The molecule has 0 aromatic heterocycles. The Morgan fingerprint density at radius 3 is 1.43 bits per heavy atom. The minimum absolute atomic E-state index is 0.0783. The maximum atomic E-state index is 14.1. The molecule has 0 spiro atoms. The van der Waals surface area contributed by atoms with Crippen molar-refractivity contribution in [3.63, 3.8) is 0 Å². The van der Waals surface area contributed by atoms with Crippen LogP contribution in [0.5, 0.6) is 0 Å². The predicted octanol–water partition coefficient (Wildman–Crippen LogP) is 7.30. The van der Waals surface area contributed by atoms with Gasteiger partial charge < -0.3 is 52.5 Å². The Kier molecular flexibility index (Phi) is 18.3. The standard InChI is InChI=1S/C53H70O16/c1-50(2,3)46(56)62-31-36-38(67-47(57)51(4,5)6)40(68-48(58)52(7,8)9)42(69-49(59)53(10,11)12)45(64-36)66-37-35(30-60-28-32-22-16-13-17-23-32)63-44(55)41(65-43(54)34-26-20-15-21-27-34)39(37)61-29-33-24-18-14-19-25-33/h13-27,35-42,44-45,55H,28-31H2,1-12H3/t35-,36-,37+,38+,39+,40+,41-,42-,44-,45+/m1/s1.